The number of hydrogen-bond acceptors (Lipinski definition) is 3. The van der Waals surface area contributed by atoms with Gasteiger partial charge in [0.25, 0.3) is 6.71 Å². The molecule has 282 valence electrons. The van der Waals surface area contributed by atoms with Crippen LogP contribution in [0.4, 0.5) is 34.1 Å². The first kappa shape index (κ1) is 32.8. The second-order valence-corrected chi connectivity index (χ2v) is 18.3. The Balaban J connectivity index is 1.19. The summed E-state index contributed by atoms with van der Waals surface area (Å²) in [5, 5.41) is 3.68. The van der Waals surface area contributed by atoms with Crippen molar-refractivity contribution >= 4 is 78.9 Å². The van der Waals surface area contributed by atoms with E-state index in [1.54, 1.807) is 0 Å². The summed E-state index contributed by atoms with van der Waals surface area (Å²) < 4.78 is 0. The molecule has 2 spiro atoms. The van der Waals surface area contributed by atoms with Crippen LogP contribution in [0, 0.1) is 0 Å². The molecule has 2 saturated carbocycles. The van der Waals surface area contributed by atoms with E-state index in [9.17, 15) is 0 Å². The predicted octanol–water partition coefficient (Wildman–Crippen LogP) is 12.3. The number of rotatable bonds is 1. The molecule has 4 heteroatoms. The molecule has 0 radical (unpaired) electrons. The molecule has 59 heavy (non-hydrogen) atoms. The van der Waals surface area contributed by atoms with Gasteiger partial charge < -0.3 is 9.80 Å². The van der Waals surface area contributed by atoms with Crippen LogP contribution in [-0.2, 0) is 10.8 Å². The van der Waals surface area contributed by atoms with E-state index in [1.807, 2.05) is 0 Å². The molecule has 8 aromatic rings. The van der Waals surface area contributed by atoms with Gasteiger partial charge in [0.2, 0.25) is 0 Å². The minimum Gasteiger partial charge on any atom is -0.311 e. The minimum absolute atomic E-state index is 0.00115. The third-order valence-electron chi connectivity index (χ3n) is 15.8. The third-order valence-corrected chi connectivity index (χ3v) is 15.8. The van der Waals surface area contributed by atoms with Gasteiger partial charge >= 0.3 is 0 Å². The number of aromatic nitrogens is 1. The van der Waals surface area contributed by atoms with E-state index in [-0.39, 0.29) is 17.5 Å². The van der Waals surface area contributed by atoms with Crippen molar-refractivity contribution in [1.82, 2.24) is 4.98 Å². The molecule has 6 aliphatic rings. The molecule has 0 bridgehead atoms. The Kier molecular flexibility index (Phi) is 6.53. The molecule has 0 N–H and O–H groups in total. The highest BCUT2D eigenvalue weighted by Crippen LogP contribution is 2.62. The minimum atomic E-state index is -0.00115. The van der Waals surface area contributed by atoms with Crippen LogP contribution in [0.15, 0.2) is 146 Å². The first-order chi connectivity index (χ1) is 29.3. The van der Waals surface area contributed by atoms with Crippen LogP contribution in [0.5, 0.6) is 0 Å². The summed E-state index contributed by atoms with van der Waals surface area (Å²) in [6.45, 7) is 0.0760. The molecular weight excluding hydrogens is 713 g/mol. The lowest BCUT2D eigenvalue weighted by Gasteiger charge is -2.54. The van der Waals surface area contributed by atoms with Crippen molar-refractivity contribution in [1.29, 1.82) is 0 Å². The van der Waals surface area contributed by atoms with Gasteiger partial charge in [-0.1, -0.05) is 166 Å². The normalized spacial score (nSPS) is 18.3. The topological polar surface area (TPSA) is 19.4 Å². The third kappa shape index (κ3) is 4.03. The van der Waals surface area contributed by atoms with Gasteiger partial charge in [0, 0.05) is 44.2 Å². The lowest BCUT2D eigenvalue weighted by atomic mass is 9.32. The second kappa shape index (κ2) is 11.8. The van der Waals surface area contributed by atoms with Crippen molar-refractivity contribution in [3.05, 3.63) is 168 Å². The zero-order chi connectivity index (χ0) is 38.5. The summed E-state index contributed by atoms with van der Waals surface area (Å²) in [5.74, 6) is 0. The Hall–Kier alpha value is -6.13. The van der Waals surface area contributed by atoms with Gasteiger partial charge in [0.15, 0.2) is 0 Å². The lowest BCUT2D eigenvalue weighted by Crippen LogP contribution is -2.63. The predicted molar refractivity (Wildman–Crippen MR) is 246 cm³/mol. The van der Waals surface area contributed by atoms with Gasteiger partial charge in [0.1, 0.15) is 0 Å². The molecule has 7 aromatic carbocycles. The highest BCUT2D eigenvalue weighted by molar-refractivity contribution is 7.00. The number of benzene rings is 7. The molecule has 2 fully saturated rings. The molecule has 1 aromatic heterocycles. The second-order valence-electron chi connectivity index (χ2n) is 18.3. The monoisotopic (exact) mass is 757 g/mol. The average molecular weight is 758 g/mol. The van der Waals surface area contributed by atoms with E-state index in [2.05, 4.69) is 155 Å². The van der Waals surface area contributed by atoms with Gasteiger partial charge in [-0.05, 0) is 87.9 Å². The Morgan fingerprint density at radius 2 is 0.949 bits per heavy atom. The van der Waals surface area contributed by atoms with Crippen molar-refractivity contribution in [2.75, 3.05) is 9.80 Å². The molecule has 14 rings (SSSR count). The average Bonchev–Trinajstić information content (AvgIpc) is 3.31. The van der Waals surface area contributed by atoms with Crippen LogP contribution in [0.2, 0.25) is 0 Å². The smallest absolute Gasteiger partial charge is 0.252 e. The van der Waals surface area contributed by atoms with E-state index in [1.165, 1.54) is 153 Å². The summed E-state index contributed by atoms with van der Waals surface area (Å²) >= 11 is 0. The molecule has 3 nitrogen and oxygen atoms in total. The van der Waals surface area contributed by atoms with Gasteiger partial charge in [-0.15, -0.1) is 0 Å². The van der Waals surface area contributed by atoms with E-state index in [4.69, 9.17) is 4.98 Å². The van der Waals surface area contributed by atoms with Crippen LogP contribution in [0.1, 0.15) is 86.5 Å². The number of para-hydroxylation sites is 4. The zero-order valence-electron chi connectivity index (χ0n) is 33.3. The molecule has 0 saturated heterocycles. The Bertz CT molecular complexity index is 3090. The highest BCUT2D eigenvalue weighted by Gasteiger charge is 2.54. The van der Waals surface area contributed by atoms with Gasteiger partial charge in [0.05, 0.1) is 28.3 Å². The summed E-state index contributed by atoms with van der Waals surface area (Å²) in [7, 11) is 0. The zero-order valence-corrected chi connectivity index (χ0v) is 33.3. The molecule has 0 amide bonds. The fraction of sp³-hybridized carbons (Fsp3) is 0.218. The number of anilines is 6. The summed E-state index contributed by atoms with van der Waals surface area (Å²) in [4.78, 5) is 11.3. The van der Waals surface area contributed by atoms with Crippen LogP contribution in [0.3, 0.4) is 0 Å². The number of fused-ring (bicyclic) bond motifs is 16. The van der Waals surface area contributed by atoms with Crippen LogP contribution >= 0.6 is 0 Å². The van der Waals surface area contributed by atoms with Gasteiger partial charge in [-0.25, -0.2) is 4.98 Å². The van der Waals surface area contributed by atoms with E-state index >= 15 is 0 Å². The maximum atomic E-state index is 5.91. The molecule has 0 unspecified atom stereocenters. The molecule has 2 aliphatic carbocycles. The number of pyridine rings is 1. The standard InChI is InChI=1S/C55H44BN3/c1-4-18-35(19-5-1)49-37-21-7-6-20-36(37)38-34-47-48-53(50(38)57-49)59-46-29-11-9-23-40(46)55(32-14-3-15-33-55)42-25-17-27-44(52(42)59)56(48)43-26-16-24-41-51(43)58(47)45-28-10-8-22-39(45)54(41)30-12-2-13-31-54/h1,4-11,16-29,34H,2-3,12-15,30-33H2. The van der Waals surface area contributed by atoms with Crippen molar-refractivity contribution in [2.45, 2.75) is 75.0 Å². The van der Waals surface area contributed by atoms with E-state index in [0.717, 1.165) is 16.8 Å². The Morgan fingerprint density at radius 1 is 0.424 bits per heavy atom. The lowest BCUT2D eigenvalue weighted by molar-refractivity contribution is 0.344. The molecule has 4 aliphatic heterocycles. The summed E-state index contributed by atoms with van der Waals surface area (Å²) in [6, 6.07) is 56.2. The first-order valence-electron chi connectivity index (χ1n) is 22.3. The van der Waals surface area contributed by atoms with E-state index in [0.29, 0.717) is 0 Å². The number of hydrogen-bond donors (Lipinski definition) is 0. The molecule has 0 atom stereocenters. The SMILES string of the molecule is c1ccc(-c2nc3c4c5c(cc3c3ccccc23)N2c3ccccc3C3(CCCCC3)c3cccc(c32)B5c2cccc3c2N4c2ccccc2C32CCCCC2)cc1. The Morgan fingerprint density at radius 3 is 1.59 bits per heavy atom. The largest absolute Gasteiger partial charge is 0.311 e. The fourth-order valence-corrected chi connectivity index (χ4v) is 13.5. The fourth-order valence-electron chi connectivity index (χ4n) is 13.5. The number of nitrogens with zero attached hydrogens (tertiary/aromatic N) is 3. The first-order valence-corrected chi connectivity index (χ1v) is 22.3. The maximum absolute atomic E-state index is 5.91. The van der Waals surface area contributed by atoms with Crippen molar-refractivity contribution in [3.8, 4) is 11.3 Å². The van der Waals surface area contributed by atoms with Crippen molar-refractivity contribution in [3.63, 3.8) is 0 Å². The molecule has 5 heterocycles. The van der Waals surface area contributed by atoms with Crippen LogP contribution in [0.25, 0.3) is 32.9 Å². The van der Waals surface area contributed by atoms with Gasteiger partial charge in [-0.2, -0.15) is 0 Å². The Labute approximate surface area is 346 Å². The quantitative estimate of drug-likeness (QED) is 0.123. The van der Waals surface area contributed by atoms with Gasteiger partial charge in [-0.3, -0.25) is 0 Å². The van der Waals surface area contributed by atoms with Crippen LogP contribution in [-0.4, -0.2) is 11.7 Å². The highest BCUT2D eigenvalue weighted by atomic mass is 15.2. The summed E-state index contributed by atoms with van der Waals surface area (Å²) in [6.07, 6.45) is 12.5. The van der Waals surface area contributed by atoms with Crippen molar-refractivity contribution < 1.29 is 0 Å². The van der Waals surface area contributed by atoms with E-state index < -0.39 is 0 Å². The summed E-state index contributed by atoms with van der Waals surface area (Å²) in [5.41, 5.74) is 21.7. The maximum Gasteiger partial charge on any atom is 0.252 e. The molecular formula is C55H44BN3. The van der Waals surface area contributed by atoms with Crippen LogP contribution < -0.4 is 26.2 Å². The van der Waals surface area contributed by atoms with Crippen molar-refractivity contribution in [2.24, 2.45) is 0 Å².